The van der Waals surface area contributed by atoms with Crippen molar-refractivity contribution in [1.82, 2.24) is 0 Å². The summed E-state index contributed by atoms with van der Waals surface area (Å²) in [6, 6.07) is 12.6. The van der Waals surface area contributed by atoms with E-state index in [1.165, 1.54) is 6.07 Å². The van der Waals surface area contributed by atoms with Crippen molar-refractivity contribution >= 4 is 37.3 Å². The lowest BCUT2D eigenvalue weighted by Gasteiger charge is -2.25. The molecule has 0 fully saturated rings. The topological polar surface area (TPSA) is 115 Å². The van der Waals surface area contributed by atoms with Gasteiger partial charge in [-0.1, -0.05) is 62.4 Å². The highest BCUT2D eigenvalue weighted by Gasteiger charge is 2.44. The number of nitrogens with zero attached hydrogens (tertiary/aromatic N) is 2. The molecule has 2 aromatic carbocycles. The fourth-order valence-electron chi connectivity index (χ4n) is 5.73. The van der Waals surface area contributed by atoms with E-state index < -0.39 is 25.7 Å². The van der Waals surface area contributed by atoms with Crippen LogP contribution in [0.2, 0.25) is 0 Å². The molecule has 41 heavy (non-hydrogen) atoms. The van der Waals surface area contributed by atoms with Crippen molar-refractivity contribution in [2.24, 2.45) is 0 Å². The number of fused-ring (bicyclic) bond motifs is 2. The molecule has 0 unspecified atom stereocenters. The van der Waals surface area contributed by atoms with Crippen molar-refractivity contribution in [1.29, 1.82) is 0 Å². The summed E-state index contributed by atoms with van der Waals surface area (Å²) in [5.74, 6) is -0.367. The Morgan fingerprint density at radius 2 is 1.51 bits per heavy atom. The standard InChI is InChI=1S/C31H36N2O6S2/c1-6-32-27-19-18-23(41(37,38)39)22-25(27)31(4,5)28(32)16-10-8-7-9-11-17-29-30(2,3)24-14-12-13-15-26(24)33(29)20-21-40(34,35)36/h7-19,22H,6,20-21H2,1-5H3,(H-,34,35,36,37,38,39)/p+1. The van der Waals surface area contributed by atoms with Crippen molar-refractivity contribution < 1.29 is 30.5 Å². The van der Waals surface area contributed by atoms with Crippen LogP contribution in [0.5, 0.6) is 0 Å². The highest BCUT2D eigenvalue weighted by molar-refractivity contribution is 7.86. The molecular weight excluding hydrogens is 560 g/mol. The average Bonchev–Trinajstić information content (AvgIpc) is 3.24. The number of allylic oxidation sites excluding steroid dienone is 8. The van der Waals surface area contributed by atoms with Gasteiger partial charge in [-0.25, -0.2) is 0 Å². The van der Waals surface area contributed by atoms with Crippen LogP contribution in [0.15, 0.2) is 95.6 Å². The predicted octanol–water partition coefficient (Wildman–Crippen LogP) is 5.57. The molecule has 2 heterocycles. The number of anilines is 1. The van der Waals surface area contributed by atoms with Crippen molar-refractivity contribution in [2.45, 2.75) is 50.3 Å². The largest absolute Gasteiger partial charge is 0.344 e. The molecular formula is C31H37N2O6S2+. The molecule has 0 spiro atoms. The van der Waals surface area contributed by atoms with Crippen LogP contribution in [0, 0.1) is 0 Å². The second-order valence-corrected chi connectivity index (χ2v) is 14.2. The molecule has 2 N–H and O–H groups in total. The summed E-state index contributed by atoms with van der Waals surface area (Å²) in [7, 11) is -8.41. The van der Waals surface area contributed by atoms with Crippen LogP contribution in [-0.2, 0) is 31.1 Å². The van der Waals surface area contributed by atoms with E-state index in [0.29, 0.717) is 6.54 Å². The summed E-state index contributed by atoms with van der Waals surface area (Å²) in [6.07, 6.45) is 13.5. The van der Waals surface area contributed by atoms with E-state index in [9.17, 15) is 25.9 Å². The number of benzene rings is 2. The molecule has 0 radical (unpaired) electrons. The lowest BCUT2D eigenvalue weighted by atomic mass is 9.81. The molecule has 0 amide bonds. The van der Waals surface area contributed by atoms with Gasteiger partial charge in [0, 0.05) is 41.1 Å². The molecule has 10 heteroatoms. The maximum atomic E-state index is 11.7. The number of hydrogen-bond acceptors (Lipinski definition) is 5. The third kappa shape index (κ3) is 6.16. The third-order valence-electron chi connectivity index (χ3n) is 7.80. The smallest absolute Gasteiger partial charge is 0.294 e. The normalized spacial score (nSPS) is 19.3. The Labute approximate surface area is 243 Å². The van der Waals surface area contributed by atoms with Gasteiger partial charge in [-0.15, -0.1) is 0 Å². The fourth-order valence-corrected chi connectivity index (χ4v) is 6.65. The van der Waals surface area contributed by atoms with Gasteiger partial charge in [-0.2, -0.15) is 21.4 Å². The molecule has 0 saturated heterocycles. The second kappa shape index (κ2) is 11.2. The van der Waals surface area contributed by atoms with Crippen LogP contribution in [0.4, 0.5) is 11.4 Å². The fraction of sp³-hybridized carbons (Fsp3) is 0.323. The summed E-state index contributed by atoms with van der Waals surface area (Å²) >= 11 is 0. The van der Waals surface area contributed by atoms with Crippen molar-refractivity contribution in [3.8, 4) is 0 Å². The molecule has 0 saturated carbocycles. The van der Waals surface area contributed by atoms with Gasteiger partial charge in [0.15, 0.2) is 12.3 Å². The first-order valence-corrected chi connectivity index (χ1v) is 16.5. The zero-order chi connectivity index (χ0) is 30.2. The second-order valence-electron chi connectivity index (χ2n) is 11.2. The Bertz CT molecular complexity index is 1730. The van der Waals surface area contributed by atoms with E-state index in [0.717, 1.165) is 33.9 Å². The van der Waals surface area contributed by atoms with Gasteiger partial charge in [0.25, 0.3) is 20.2 Å². The minimum atomic E-state index is -4.30. The van der Waals surface area contributed by atoms with Gasteiger partial charge in [-0.05, 0) is 50.6 Å². The molecule has 2 aliphatic rings. The Balaban J connectivity index is 1.56. The average molecular weight is 598 g/mol. The third-order valence-corrected chi connectivity index (χ3v) is 9.35. The van der Waals surface area contributed by atoms with Gasteiger partial charge in [0.1, 0.15) is 5.75 Å². The highest BCUT2D eigenvalue weighted by atomic mass is 32.2. The Morgan fingerprint density at radius 3 is 2.17 bits per heavy atom. The van der Waals surface area contributed by atoms with Gasteiger partial charge < -0.3 is 4.90 Å². The maximum Gasteiger partial charge on any atom is 0.294 e. The molecule has 218 valence electrons. The molecule has 0 aromatic heterocycles. The zero-order valence-corrected chi connectivity index (χ0v) is 25.6. The molecule has 8 nitrogen and oxygen atoms in total. The van der Waals surface area contributed by atoms with Gasteiger partial charge in [0.2, 0.25) is 5.69 Å². The van der Waals surface area contributed by atoms with E-state index in [1.54, 1.807) is 12.1 Å². The SMILES string of the molecule is CCN1/C(=C/C=C/C=C/C=C/C2=[N+](CCS(=O)(=O)O)c3ccccc3C2(C)C)C(C)(C)c2cc(S(=O)(=O)O)ccc21. The summed E-state index contributed by atoms with van der Waals surface area (Å²) in [5.41, 5.74) is 4.91. The maximum absolute atomic E-state index is 11.7. The van der Waals surface area contributed by atoms with Crippen LogP contribution in [0.25, 0.3) is 0 Å². The van der Waals surface area contributed by atoms with Crippen molar-refractivity contribution in [3.63, 3.8) is 0 Å². The zero-order valence-electron chi connectivity index (χ0n) is 23.9. The van der Waals surface area contributed by atoms with E-state index in [4.69, 9.17) is 0 Å². The van der Waals surface area contributed by atoms with E-state index in [1.807, 2.05) is 92.1 Å². The molecule has 0 atom stereocenters. The first-order valence-electron chi connectivity index (χ1n) is 13.4. The monoisotopic (exact) mass is 597 g/mol. The quantitative estimate of drug-likeness (QED) is 0.221. The number of likely N-dealkylation sites (N-methyl/N-ethyl adjacent to an activating group) is 1. The predicted molar refractivity (Wildman–Crippen MR) is 163 cm³/mol. The van der Waals surface area contributed by atoms with Crippen molar-refractivity contribution in [3.05, 3.63) is 102 Å². The van der Waals surface area contributed by atoms with Crippen molar-refractivity contribution in [2.75, 3.05) is 23.7 Å². The van der Waals surface area contributed by atoms with E-state index >= 15 is 0 Å². The highest BCUT2D eigenvalue weighted by Crippen LogP contribution is 2.48. The minimum absolute atomic E-state index is 0.116. The molecule has 4 rings (SSSR count). The first kappa shape index (κ1) is 30.6. The van der Waals surface area contributed by atoms with Gasteiger partial charge >= 0.3 is 0 Å². The van der Waals surface area contributed by atoms with Gasteiger partial charge in [-0.3, -0.25) is 9.11 Å². The molecule has 2 aliphatic heterocycles. The lowest BCUT2D eigenvalue weighted by Crippen LogP contribution is -2.29. The minimum Gasteiger partial charge on any atom is -0.344 e. The number of para-hydroxylation sites is 1. The molecule has 0 aliphatic carbocycles. The van der Waals surface area contributed by atoms with Crippen LogP contribution < -0.4 is 4.90 Å². The van der Waals surface area contributed by atoms with Crippen LogP contribution in [0.3, 0.4) is 0 Å². The van der Waals surface area contributed by atoms with Crippen LogP contribution >= 0.6 is 0 Å². The van der Waals surface area contributed by atoms with E-state index in [-0.39, 0.29) is 22.6 Å². The summed E-state index contributed by atoms with van der Waals surface area (Å²) in [5, 5.41) is 0. The van der Waals surface area contributed by atoms with Crippen LogP contribution in [0.1, 0.15) is 45.7 Å². The molecule has 2 aromatic rings. The molecule has 0 bridgehead atoms. The summed E-state index contributed by atoms with van der Waals surface area (Å²) < 4.78 is 67.1. The Kier molecular flexibility index (Phi) is 8.35. The van der Waals surface area contributed by atoms with E-state index in [2.05, 4.69) is 18.7 Å². The number of rotatable bonds is 9. The number of hydrogen-bond donors (Lipinski definition) is 2. The first-order chi connectivity index (χ1) is 19.1. The lowest BCUT2D eigenvalue weighted by molar-refractivity contribution is -0.432. The summed E-state index contributed by atoms with van der Waals surface area (Å²) in [6.45, 7) is 11.1. The Morgan fingerprint density at radius 1 is 0.854 bits per heavy atom. The van der Waals surface area contributed by atoms with Gasteiger partial charge in [0.05, 0.1) is 10.3 Å². The Hall–Kier alpha value is -3.31. The summed E-state index contributed by atoms with van der Waals surface area (Å²) in [4.78, 5) is 2.02. The van der Waals surface area contributed by atoms with Crippen LogP contribution in [-0.4, -0.2) is 55.1 Å².